The summed E-state index contributed by atoms with van der Waals surface area (Å²) in [6.07, 6.45) is 4.70. The van der Waals surface area contributed by atoms with E-state index in [-0.39, 0.29) is 29.8 Å². The van der Waals surface area contributed by atoms with Crippen molar-refractivity contribution in [3.63, 3.8) is 0 Å². The number of aryl methyl sites for hydroxylation is 1. The van der Waals surface area contributed by atoms with E-state index in [9.17, 15) is 8.78 Å². The number of nitrogens with one attached hydrogen (secondary N) is 1. The van der Waals surface area contributed by atoms with E-state index in [2.05, 4.69) is 15.1 Å². The lowest BCUT2D eigenvalue weighted by atomic mass is 9.95. The van der Waals surface area contributed by atoms with E-state index in [1.165, 1.54) is 24.7 Å². The van der Waals surface area contributed by atoms with Crippen molar-refractivity contribution in [2.45, 2.75) is 18.5 Å². The van der Waals surface area contributed by atoms with Gasteiger partial charge in [-0.05, 0) is 12.1 Å². The van der Waals surface area contributed by atoms with Crippen LogP contribution in [-0.2, 0) is 7.05 Å². The highest BCUT2D eigenvalue weighted by Gasteiger charge is 2.35. The molecule has 31 heavy (non-hydrogen) atoms. The molecule has 1 aliphatic rings. The molecule has 2 aromatic heterocycles. The Morgan fingerprint density at radius 3 is 2.65 bits per heavy atom. The number of halogens is 2. The second kappa shape index (κ2) is 7.75. The molecule has 10 heteroatoms. The molecule has 0 amide bonds. The van der Waals surface area contributed by atoms with Crippen LogP contribution >= 0.6 is 0 Å². The van der Waals surface area contributed by atoms with Gasteiger partial charge in [0.05, 0.1) is 17.6 Å². The van der Waals surface area contributed by atoms with Crippen molar-refractivity contribution in [3.8, 4) is 17.2 Å². The highest BCUT2D eigenvalue weighted by molar-refractivity contribution is 6.13. The SMILES string of the molecule is Cn1cc(-c2cc(C(=N)c3cc(N4CCC(F)(C#N)CC4)ncn3)c(N)cc2F)cn1. The lowest BCUT2D eigenvalue weighted by molar-refractivity contribution is 0.193. The number of anilines is 2. The Labute approximate surface area is 177 Å². The summed E-state index contributed by atoms with van der Waals surface area (Å²) in [6, 6.07) is 6.03. The van der Waals surface area contributed by atoms with Gasteiger partial charge in [-0.2, -0.15) is 10.4 Å². The van der Waals surface area contributed by atoms with Crippen molar-refractivity contribution < 1.29 is 8.78 Å². The van der Waals surface area contributed by atoms with Crippen LogP contribution in [0.1, 0.15) is 24.1 Å². The van der Waals surface area contributed by atoms with Crippen LogP contribution in [0, 0.1) is 22.6 Å². The fraction of sp³-hybridized carbons (Fsp3) is 0.286. The maximum absolute atomic E-state index is 14.5. The summed E-state index contributed by atoms with van der Waals surface area (Å²) >= 11 is 0. The molecule has 0 aliphatic carbocycles. The normalized spacial score (nSPS) is 15.5. The number of aromatic nitrogens is 4. The van der Waals surface area contributed by atoms with Gasteiger partial charge in [0.1, 0.15) is 24.0 Å². The molecule has 0 unspecified atom stereocenters. The molecular formula is C21H20F2N8. The molecule has 0 atom stereocenters. The van der Waals surface area contributed by atoms with E-state index in [1.807, 2.05) is 4.90 Å². The zero-order valence-corrected chi connectivity index (χ0v) is 16.8. The first-order chi connectivity index (χ1) is 14.8. The van der Waals surface area contributed by atoms with Crippen LogP contribution in [0.5, 0.6) is 0 Å². The lowest BCUT2D eigenvalue weighted by Gasteiger charge is -2.33. The number of alkyl halides is 1. The van der Waals surface area contributed by atoms with Crippen LogP contribution in [0.2, 0.25) is 0 Å². The highest BCUT2D eigenvalue weighted by atomic mass is 19.1. The molecule has 1 fully saturated rings. The predicted octanol–water partition coefficient (Wildman–Crippen LogP) is 2.85. The van der Waals surface area contributed by atoms with Gasteiger partial charge in [0.25, 0.3) is 0 Å². The van der Waals surface area contributed by atoms with Crippen LogP contribution in [0.25, 0.3) is 11.1 Å². The molecular weight excluding hydrogens is 402 g/mol. The molecule has 3 N–H and O–H groups in total. The average Bonchev–Trinajstić information content (AvgIpc) is 3.20. The Kier molecular flexibility index (Phi) is 5.10. The molecule has 4 rings (SSSR count). The van der Waals surface area contributed by atoms with Crippen LogP contribution in [-0.4, -0.2) is 44.2 Å². The molecule has 0 bridgehead atoms. The smallest absolute Gasteiger partial charge is 0.199 e. The van der Waals surface area contributed by atoms with Crippen molar-refractivity contribution in [2.75, 3.05) is 23.7 Å². The number of hydrogen-bond acceptors (Lipinski definition) is 7. The Bertz CT molecular complexity index is 1190. The van der Waals surface area contributed by atoms with Gasteiger partial charge in [0, 0.05) is 67.6 Å². The third-order valence-electron chi connectivity index (χ3n) is 5.41. The fourth-order valence-corrected chi connectivity index (χ4v) is 3.58. The van der Waals surface area contributed by atoms with Crippen LogP contribution < -0.4 is 10.6 Å². The zero-order chi connectivity index (χ0) is 22.2. The van der Waals surface area contributed by atoms with Gasteiger partial charge in [-0.1, -0.05) is 0 Å². The quantitative estimate of drug-likeness (QED) is 0.493. The first-order valence-electron chi connectivity index (χ1n) is 9.64. The fourth-order valence-electron chi connectivity index (χ4n) is 3.58. The van der Waals surface area contributed by atoms with Crippen LogP contribution in [0.4, 0.5) is 20.3 Å². The maximum Gasteiger partial charge on any atom is 0.199 e. The van der Waals surface area contributed by atoms with Crippen molar-refractivity contribution in [1.82, 2.24) is 19.7 Å². The summed E-state index contributed by atoms with van der Waals surface area (Å²) < 4.78 is 30.2. The van der Waals surface area contributed by atoms with Crippen molar-refractivity contribution >= 4 is 17.2 Å². The number of benzene rings is 1. The molecule has 0 saturated carbocycles. The summed E-state index contributed by atoms with van der Waals surface area (Å²) in [5, 5.41) is 21.6. The minimum atomic E-state index is -1.82. The van der Waals surface area contributed by atoms with Crippen molar-refractivity contribution in [1.29, 1.82) is 10.7 Å². The first kappa shape index (κ1) is 20.4. The Balaban J connectivity index is 1.64. The molecule has 1 aromatic carbocycles. The van der Waals surface area contributed by atoms with Gasteiger partial charge in [-0.15, -0.1) is 0 Å². The Hall–Kier alpha value is -3.87. The van der Waals surface area contributed by atoms with Gasteiger partial charge in [0.15, 0.2) is 5.67 Å². The predicted molar refractivity (Wildman–Crippen MR) is 112 cm³/mol. The number of nitrogen functional groups attached to an aromatic ring is 1. The second-order valence-electron chi connectivity index (χ2n) is 7.52. The molecule has 0 radical (unpaired) electrons. The number of nitrogens with two attached hydrogens (primary N) is 1. The van der Waals surface area contributed by atoms with E-state index in [1.54, 1.807) is 30.1 Å². The molecule has 158 valence electrons. The molecule has 3 heterocycles. The Morgan fingerprint density at radius 2 is 2.00 bits per heavy atom. The summed E-state index contributed by atoms with van der Waals surface area (Å²) in [6.45, 7) is 0.662. The third kappa shape index (κ3) is 3.94. The Morgan fingerprint density at radius 1 is 1.26 bits per heavy atom. The van der Waals surface area contributed by atoms with Gasteiger partial charge >= 0.3 is 0 Å². The maximum atomic E-state index is 14.5. The number of rotatable bonds is 4. The van der Waals surface area contributed by atoms with Gasteiger partial charge in [-0.3, -0.25) is 10.1 Å². The average molecular weight is 422 g/mol. The van der Waals surface area contributed by atoms with E-state index in [0.717, 1.165) is 0 Å². The minimum Gasteiger partial charge on any atom is -0.398 e. The molecule has 1 aliphatic heterocycles. The number of nitrogens with zero attached hydrogens (tertiary/aromatic N) is 6. The molecule has 1 saturated heterocycles. The largest absolute Gasteiger partial charge is 0.398 e. The summed E-state index contributed by atoms with van der Waals surface area (Å²) in [7, 11) is 1.73. The van der Waals surface area contributed by atoms with Gasteiger partial charge in [-0.25, -0.2) is 18.7 Å². The van der Waals surface area contributed by atoms with E-state index in [0.29, 0.717) is 35.7 Å². The standard InChI is InChI=1S/C21H20F2N8/c1-30-10-13(9-29-30)14-6-15(17(25)7-16(14)22)20(26)18-8-19(28-12-27-18)31-4-2-21(23,11-24)3-5-31/h6-10,12,26H,2-5,25H2,1H3. The zero-order valence-electron chi connectivity index (χ0n) is 16.8. The van der Waals surface area contributed by atoms with E-state index < -0.39 is 11.5 Å². The molecule has 8 nitrogen and oxygen atoms in total. The van der Waals surface area contributed by atoms with Gasteiger partial charge in [0.2, 0.25) is 0 Å². The molecule has 3 aromatic rings. The number of hydrogen-bond donors (Lipinski definition) is 2. The number of nitriles is 1. The summed E-state index contributed by atoms with van der Waals surface area (Å²) in [4.78, 5) is 10.2. The topological polar surface area (TPSA) is 120 Å². The van der Waals surface area contributed by atoms with E-state index >= 15 is 0 Å². The first-order valence-corrected chi connectivity index (χ1v) is 9.64. The van der Waals surface area contributed by atoms with Crippen LogP contribution in [0.3, 0.4) is 0 Å². The minimum absolute atomic E-state index is 0.0140. The van der Waals surface area contributed by atoms with Crippen LogP contribution in [0.15, 0.2) is 36.9 Å². The van der Waals surface area contributed by atoms with E-state index in [4.69, 9.17) is 16.4 Å². The van der Waals surface area contributed by atoms with Crippen molar-refractivity contribution in [3.05, 3.63) is 54.0 Å². The highest BCUT2D eigenvalue weighted by Crippen LogP contribution is 2.30. The monoisotopic (exact) mass is 422 g/mol. The third-order valence-corrected chi connectivity index (χ3v) is 5.41. The summed E-state index contributed by atoms with van der Waals surface area (Å²) in [5.41, 5.74) is 5.81. The second-order valence-corrected chi connectivity index (χ2v) is 7.52. The van der Waals surface area contributed by atoms with Gasteiger partial charge < -0.3 is 10.6 Å². The number of piperidine rings is 1. The lowest BCUT2D eigenvalue weighted by Crippen LogP contribution is -2.41. The summed E-state index contributed by atoms with van der Waals surface area (Å²) in [5.74, 6) is 0.0221. The molecule has 0 spiro atoms. The van der Waals surface area contributed by atoms with Crippen molar-refractivity contribution in [2.24, 2.45) is 7.05 Å².